The molecule has 0 amide bonds. The molecule has 98 valence electrons. The summed E-state index contributed by atoms with van der Waals surface area (Å²) in [4.78, 5) is 13.3. The van der Waals surface area contributed by atoms with E-state index in [0.717, 1.165) is 12.8 Å². The summed E-state index contributed by atoms with van der Waals surface area (Å²) in [6.07, 6.45) is 3.04. The van der Waals surface area contributed by atoms with E-state index >= 15 is 0 Å². The van der Waals surface area contributed by atoms with Crippen LogP contribution in [-0.4, -0.2) is 54.0 Å². The lowest BCUT2D eigenvalue weighted by Crippen LogP contribution is -2.59. The van der Waals surface area contributed by atoms with E-state index in [2.05, 4.69) is 0 Å². The Morgan fingerprint density at radius 3 is 2.65 bits per heavy atom. The van der Waals surface area contributed by atoms with E-state index in [1.54, 1.807) is 6.92 Å². The highest BCUT2D eigenvalue weighted by molar-refractivity contribution is 7.91. The summed E-state index contributed by atoms with van der Waals surface area (Å²) in [6.45, 7) is 2.42. The number of carboxylic acid groups (broad SMARTS) is 1. The van der Waals surface area contributed by atoms with Gasteiger partial charge in [0.15, 0.2) is 9.84 Å². The van der Waals surface area contributed by atoms with Crippen LogP contribution in [0.15, 0.2) is 0 Å². The monoisotopic (exact) mass is 261 g/mol. The zero-order valence-corrected chi connectivity index (χ0v) is 10.9. The molecular formula is C11H19NO4S. The Morgan fingerprint density at radius 2 is 2.12 bits per heavy atom. The van der Waals surface area contributed by atoms with E-state index in [1.807, 2.05) is 4.90 Å². The predicted molar refractivity (Wildman–Crippen MR) is 63.7 cm³/mol. The van der Waals surface area contributed by atoms with Gasteiger partial charge in [-0.25, -0.2) is 8.42 Å². The maximum atomic E-state index is 11.5. The minimum Gasteiger partial charge on any atom is -0.480 e. The number of nitrogens with zero attached hydrogens (tertiary/aromatic N) is 1. The van der Waals surface area contributed by atoms with Crippen LogP contribution in [0.5, 0.6) is 0 Å². The molecule has 2 aliphatic heterocycles. The molecule has 2 unspecified atom stereocenters. The number of carboxylic acids is 1. The number of aliphatic carboxylic acids is 1. The van der Waals surface area contributed by atoms with E-state index in [1.165, 1.54) is 0 Å². The first kappa shape index (κ1) is 12.8. The van der Waals surface area contributed by atoms with Gasteiger partial charge in [-0.2, -0.15) is 0 Å². The Bertz CT molecular complexity index is 419. The lowest BCUT2D eigenvalue weighted by atomic mass is 9.87. The van der Waals surface area contributed by atoms with Crippen molar-refractivity contribution in [2.45, 2.75) is 44.2 Å². The average molecular weight is 261 g/mol. The smallest absolute Gasteiger partial charge is 0.323 e. The zero-order valence-electron chi connectivity index (χ0n) is 10.1. The van der Waals surface area contributed by atoms with Crippen LogP contribution in [0, 0.1) is 0 Å². The van der Waals surface area contributed by atoms with Crippen molar-refractivity contribution in [3.63, 3.8) is 0 Å². The van der Waals surface area contributed by atoms with Crippen molar-refractivity contribution in [2.24, 2.45) is 0 Å². The molecule has 0 aromatic rings. The fourth-order valence-corrected chi connectivity index (χ4v) is 4.71. The predicted octanol–water partition coefficient (Wildman–Crippen LogP) is 0.503. The highest BCUT2D eigenvalue weighted by Gasteiger charge is 2.46. The SMILES string of the molecule is CC1(C(=O)O)CCCCN1C1CCS(=O)(=O)C1. The molecule has 2 heterocycles. The molecule has 2 atom stereocenters. The van der Waals surface area contributed by atoms with Gasteiger partial charge in [-0.3, -0.25) is 9.69 Å². The minimum absolute atomic E-state index is 0.110. The standard InChI is InChI=1S/C11H19NO4S/c1-11(10(13)14)5-2-3-6-12(11)9-4-7-17(15,16)8-9/h9H,2-8H2,1H3,(H,13,14). The number of piperidine rings is 1. The maximum Gasteiger partial charge on any atom is 0.323 e. The summed E-state index contributed by atoms with van der Waals surface area (Å²) >= 11 is 0. The Labute approximate surface area is 102 Å². The molecule has 2 aliphatic rings. The lowest BCUT2D eigenvalue weighted by Gasteiger charge is -2.44. The van der Waals surface area contributed by atoms with E-state index in [-0.39, 0.29) is 17.5 Å². The van der Waals surface area contributed by atoms with E-state index in [4.69, 9.17) is 0 Å². The van der Waals surface area contributed by atoms with Gasteiger partial charge in [0, 0.05) is 6.04 Å². The molecule has 0 aromatic carbocycles. The second-order valence-electron chi connectivity index (χ2n) is 5.29. The summed E-state index contributed by atoms with van der Waals surface area (Å²) in [5.74, 6) is -0.513. The van der Waals surface area contributed by atoms with Gasteiger partial charge in [0.25, 0.3) is 0 Å². The molecule has 0 saturated carbocycles. The van der Waals surface area contributed by atoms with Crippen LogP contribution in [0.1, 0.15) is 32.6 Å². The Balaban J connectivity index is 2.21. The molecule has 0 spiro atoms. The van der Waals surface area contributed by atoms with Gasteiger partial charge >= 0.3 is 5.97 Å². The number of likely N-dealkylation sites (tertiary alicyclic amines) is 1. The van der Waals surface area contributed by atoms with Crippen LogP contribution in [0.25, 0.3) is 0 Å². The van der Waals surface area contributed by atoms with Crippen LogP contribution in [-0.2, 0) is 14.6 Å². The molecular weight excluding hydrogens is 242 g/mol. The van der Waals surface area contributed by atoms with Crippen LogP contribution >= 0.6 is 0 Å². The van der Waals surface area contributed by atoms with Crippen LogP contribution in [0.4, 0.5) is 0 Å². The molecule has 1 N–H and O–H groups in total. The third-order valence-corrected chi connectivity index (χ3v) is 5.81. The Hall–Kier alpha value is -0.620. The summed E-state index contributed by atoms with van der Waals surface area (Å²) in [7, 11) is -2.96. The minimum atomic E-state index is -2.96. The second-order valence-corrected chi connectivity index (χ2v) is 7.52. The van der Waals surface area contributed by atoms with Gasteiger partial charge in [0.2, 0.25) is 0 Å². The maximum absolute atomic E-state index is 11.5. The third kappa shape index (κ3) is 2.33. The Morgan fingerprint density at radius 1 is 1.41 bits per heavy atom. The zero-order chi connectivity index (χ0) is 12.7. The first-order chi connectivity index (χ1) is 7.85. The van der Waals surface area contributed by atoms with Crippen molar-refractivity contribution in [2.75, 3.05) is 18.1 Å². The normalized spacial score (nSPS) is 38.1. The quantitative estimate of drug-likeness (QED) is 0.783. The molecule has 6 heteroatoms. The van der Waals surface area contributed by atoms with E-state index < -0.39 is 21.3 Å². The summed E-state index contributed by atoms with van der Waals surface area (Å²) in [5.41, 5.74) is -0.886. The van der Waals surface area contributed by atoms with Crippen molar-refractivity contribution >= 4 is 15.8 Å². The number of hydrogen-bond acceptors (Lipinski definition) is 4. The van der Waals surface area contributed by atoms with Gasteiger partial charge in [0.05, 0.1) is 11.5 Å². The molecule has 0 aromatic heterocycles. The molecule has 17 heavy (non-hydrogen) atoms. The first-order valence-corrected chi connectivity index (χ1v) is 7.88. The summed E-state index contributed by atoms with van der Waals surface area (Å²) in [5, 5.41) is 9.37. The lowest BCUT2D eigenvalue weighted by molar-refractivity contribution is -0.154. The number of rotatable bonds is 2. The second kappa shape index (κ2) is 4.24. The third-order valence-electron chi connectivity index (χ3n) is 4.06. The van der Waals surface area contributed by atoms with Crippen LogP contribution in [0.2, 0.25) is 0 Å². The van der Waals surface area contributed by atoms with E-state index in [9.17, 15) is 18.3 Å². The van der Waals surface area contributed by atoms with Crippen molar-refractivity contribution in [1.29, 1.82) is 0 Å². The number of sulfone groups is 1. The number of carbonyl (C=O) groups is 1. The fraction of sp³-hybridized carbons (Fsp3) is 0.909. The van der Waals surface area contributed by atoms with Crippen molar-refractivity contribution in [3.8, 4) is 0 Å². The highest BCUT2D eigenvalue weighted by Crippen LogP contribution is 2.33. The van der Waals surface area contributed by atoms with Gasteiger partial charge in [-0.05, 0) is 39.2 Å². The molecule has 5 nitrogen and oxygen atoms in total. The molecule has 0 bridgehead atoms. The fourth-order valence-electron chi connectivity index (χ4n) is 2.98. The van der Waals surface area contributed by atoms with Crippen molar-refractivity contribution in [3.05, 3.63) is 0 Å². The Kier molecular flexibility index (Phi) is 3.20. The highest BCUT2D eigenvalue weighted by atomic mass is 32.2. The molecule has 2 fully saturated rings. The average Bonchev–Trinajstić information content (AvgIpc) is 2.59. The van der Waals surface area contributed by atoms with Crippen LogP contribution < -0.4 is 0 Å². The summed E-state index contributed by atoms with van der Waals surface area (Å²) in [6, 6.07) is -0.110. The first-order valence-electron chi connectivity index (χ1n) is 6.06. The van der Waals surface area contributed by atoms with Crippen molar-refractivity contribution in [1.82, 2.24) is 4.90 Å². The van der Waals surface area contributed by atoms with Crippen LogP contribution in [0.3, 0.4) is 0 Å². The van der Waals surface area contributed by atoms with Gasteiger partial charge < -0.3 is 5.11 Å². The molecule has 0 aliphatic carbocycles. The van der Waals surface area contributed by atoms with Gasteiger partial charge in [0.1, 0.15) is 5.54 Å². The molecule has 2 saturated heterocycles. The van der Waals surface area contributed by atoms with E-state index in [0.29, 0.717) is 19.4 Å². The van der Waals surface area contributed by atoms with Crippen molar-refractivity contribution < 1.29 is 18.3 Å². The largest absolute Gasteiger partial charge is 0.480 e. The van der Waals surface area contributed by atoms with Gasteiger partial charge in [-0.1, -0.05) is 0 Å². The topological polar surface area (TPSA) is 74.7 Å². The summed E-state index contributed by atoms with van der Waals surface area (Å²) < 4.78 is 23.0. The molecule has 0 radical (unpaired) electrons. The van der Waals surface area contributed by atoms with Gasteiger partial charge in [-0.15, -0.1) is 0 Å². The number of hydrogen-bond donors (Lipinski definition) is 1. The molecule has 2 rings (SSSR count).